The highest BCUT2D eigenvalue weighted by molar-refractivity contribution is 9.10. The van der Waals surface area contributed by atoms with Crippen molar-refractivity contribution < 1.29 is 27.0 Å². The molecular weight excluding hydrogens is 495 g/mol. The van der Waals surface area contributed by atoms with E-state index in [1.165, 1.54) is 7.11 Å². The van der Waals surface area contributed by atoms with Crippen molar-refractivity contribution in [1.29, 1.82) is 5.26 Å². The number of fused-ring (bicyclic) bond motifs is 1. The Morgan fingerprint density at radius 2 is 2.03 bits per heavy atom. The highest BCUT2D eigenvalue weighted by Crippen LogP contribution is 2.43. The van der Waals surface area contributed by atoms with Gasteiger partial charge in [0.2, 0.25) is 0 Å². The first-order chi connectivity index (χ1) is 15.1. The minimum atomic E-state index is -4.76. The second-order valence-electron chi connectivity index (χ2n) is 7.83. The molecule has 1 aromatic carbocycles. The number of nitriles is 1. The van der Waals surface area contributed by atoms with E-state index in [-0.39, 0.29) is 41.3 Å². The van der Waals surface area contributed by atoms with E-state index in [0.29, 0.717) is 19.3 Å². The van der Waals surface area contributed by atoms with Gasteiger partial charge in [0.1, 0.15) is 11.3 Å². The lowest BCUT2D eigenvalue weighted by Gasteiger charge is -2.28. The number of benzene rings is 1. The SMILES string of the molecule is COCCB(C#N)C1CCC(N(C)c2nc(OC)nc3c(F)c(Br)c(C(F)(F)F)cc23)C1. The molecular formula is C20H22BBrF4N4O2. The summed E-state index contributed by atoms with van der Waals surface area (Å²) in [6.07, 6.45) is -1.95. The van der Waals surface area contributed by atoms with E-state index in [1.54, 1.807) is 19.1 Å². The zero-order chi connectivity index (χ0) is 23.6. The smallest absolute Gasteiger partial charge is 0.417 e. The molecule has 3 rings (SSSR count). The number of alkyl halides is 3. The van der Waals surface area contributed by atoms with Crippen LogP contribution >= 0.6 is 15.9 Å². The Balaban J connectivity index is 2.02. The third-order valence-electron chi connectivity index (χ3n) is 6.01. The number of nitrogens with zero attached hydrogens (tertiary/aromatic N) is 4. The summed E-state index contributed by atoms with van der Waals surface area (Å²) in [5.41, 5.74) is -1.40. The van der Waals surface area contributed by atoms with Crippen LogP contribution < -0.4 is 9.64 Å². The van der Waals surface area contributed by atoms with Crippen LogP contribution in [0.2, 0.25) is 12.1 Å². The lowest BCUT2D eigenvalue weighted by atomic mass is 9.40. The van der Waals surface area contributed by atoms with Gasteiger partial charge in [-0.3, -0.25) is 0 Å². The van der Waals surface area contributed by atoms with Crippen molar-refractivity contribution >= 4 is 39.4 Å². The van der Waals surface area contributed by atoms with E-state index in [9.17, 15) is 22.8 Å². The minimum absolute atomic E-state index is 0.0546. The molecule has 172 valence electrons. The predicted molar refractivity (Wildman–Crippen MR) is 117 cm³/mol. The van der Waals surface area contributed by atoms with Gasteiger partial charge in [-0.1, -0.05) is 6.42 Å². The zero-order valence-corrected chi connectivity index (χ0v) is 19.4. The Bertz CT molecular complexity index is 1030. The van der Waals surface area contributed by atoms with E-state index >= 15 is 0 Å². The van der Waals surface area contributed by atoms with Gasteiger partial charge >= 0.3 is 12.2 Å². The molecule has 1 fully saturated rings. The molecule has 0 aliphatic heterocycles. The molecule has 1 aliphatic rings. The van der Waals surface area contributed by atoms with Crippen LogP contribution in [-0.2, 0) is 10.9 Å². The van der Waals surface area contributed by atoms with Crippen LogP contribution in [0.15, 0.2) is 10.5 Å². The summed E-state index contributed by atoms with van der Waals surface area (Å²) in [6.45, 7) is 0.312. The van der Waals surface area contributed by atoms with Crippen molar-refractivity contribution in [2.45, 2.75) is 43.6 Å². The molecule has 6 nitrogen and oxygen atoms in total. The van der Waals surface area contributed by atoms with Crippen molar-refractivity contribution in [3.8, 4) is 12.0 Å². The molecule has 0 radical (unpaired) electrons. The first kappa shape index (κ1) is 24.5. The number of ether oxygens (including phenoxy) is 2. The number of methoxy groups -OCH3 is 2. The first-order valence-electron chi connectivity index (χ1n) is 10.0. The lowest BCUT2D eigenvalue weighted by Crippen LogP contribution is -2.31. The summed E-state index contributed by atoms with van der Waals surface area (Å²) < 4.78 is 64.9. The van der Waals surface area contributed by atoms with Crippen molar-refractivity contribution in [2.24, 2.45) is 0 Å². The molecule has 0 spiro atoms. The molecule has 12 heteroatoms. The quantitative estimate of drug-likeness (QED) is 0.375. The Morgan fingerprint density at radius 3 is 2.62 bits per heavy atom. The molecule has 2 unspecified atom stereocenters. The van der Waals surface area contributed by atoms with E-state index in [0.717, 1.165) is 18.9 Å². The normalized spacial score (nSPS) is 18.6. The summed E-state index contributed by atoms with van der Waals surface area (Å²) >= 11 is 2.71. The van der Waals surface area contributed by atoms with Gasteiger partial charge in [0.15, 0.2) is 5.82 Å². The molecule has 1 aliphatic carbocycles. The van der Waals surface area contributed by atoms with Crippen molar-refractivity contribution in [1.82, 2.24) is 9.97 Å². The monoisotopic (exact) mass is 516 g/mol. The highest BCUT2D eigenvalue weighted by Gasteiger charge is 2.38. The average Bonchev–Trinajstić information content (AvgIpc) is 3.24. The standard InChI is InChI=1S/C20H22BBrF4N4O2/c1-30(12-5-4-11(8-12)21(10-27)6-7-31-2)18-13-9-14(20(24,25)26)15(22)16(23)17(13)28-19(29-18)32-3/h9,11-12H,4-8H2,1-3H3. The highest BCUT2D eigenvalue weighted by atomic mass is 79.9. The maximum absolute atomic E-state index is 14.9. The summed E-state index contributed by atoms with van der Waals surface area (Å²) in [7, 11) is 4.60. The van der Waals surface area contributed by atoms with Gasteiger partial charge in [-0.25, -0.2) is 9.65 Å². The third-order valence-corrected chi connectivity index (χ3v) is 6.79. The molecule has 1 heterocycles. The fraction of sp³-hybridized carbons (Fsp3) is 0.550. The van der Waals surface area contributed by atoms with Crippen LogP contribution in [0.5, 0.6) is 6.01 Å². The Morgan fingerprint density at radius 1 is 1.31 bits per heavy atom. The fourth-order valence-corrected chi connectivity index (χ4v) is 4.79. The molecule has 0 N–H and O–H groups in total. The summed E-state index contributed by atoms with van der Waals surface area (Å²) in [6, 6.07) is 0.633. The fourth-order valence-electron chi connectivity index (χ4n) is 4.27. The number of rotatable bonds is 7. The summed E-state index contributed by atoms with van der Waals surface area (Å²) in [5, 5.41) is 9.46. The molecule has 1 aromatic heterocycles. The van der Waals surface area contributed by atoms with Crippen molar-refractivity contribution in [3.05, 3.63) is 21.9 Å². The number of aromatic nitrogens is 2. The second-order valence-corrected chi connectivity index (χ2v) is 8.63. The van der Waals surface area contributed by atoms with Crippen LogP contribution in [0.25, 0.3) is 10.9 Å². The molecule has 0 bridgehead atoms. The van der Waals surface area contributed by atoms with Crippen molar-refractivity contribution in [2.75, 3.05) is 32.8 Å². The predicted octanol–water partition coefficient (Wildman–Crippen LogP) is 5.12. The van der Waals surface area contributed by atoms with E-state index in [1.807, 2.05) is 0 Å². The van der Waals surface area contributed by atoms with Gasteiger partial charge in [0.25, 0.3) is 6.71 Å². The zero-order valence-electron chi connectivity index (χ0n) is 17.8. The van der Waals surface area contributed by atoms with Gasteiger partial charge < -0.3 is 14.4 Å². The van der Waals surface area contributed by atoms with Crippen LogP contribution in [0.3, 0.4) is 0 Å². The third kappa shape index (κ3) is 4.78. The topological polar surface area (TPSA) is 71.3 Å². The molecule has 2 aromatic rings. The molecule has 0 amide bonds. The van der Waals surface area contributed by atoms with Gasteiger partial charge in [-0.15, -0.1) is 0 Å². The van der Waals surface area contributed by atoms with Gasteiger partial charge in [0, 0.05) is 38.2 Å². The number of halogens is 5. The van der Waals surface area contributed by atoms with E-state index < -0.39 is 22.0 Å². The number of anilines is 1. The largest absolute Gasteiger partial charge is 0.467 e. The molecule has 32 heavy (non-hydrogen) atoms. The lowest BCUT2D eigenvalue weighted by molar-refractivity contribution is -0.138. The Kier molecular flexibility index (Phi) is 7.50. The molecule has 0 saturated heterocycles. The average molecular weight is 517 g/mol. The molecule has 2 atom stereocenters. The van der Waals surface area contributed by atoms with E-state index in [4.69, 9.17) is 9.47 Å². The van der Waals surface area contributed by atoms with Crippen LogP contribution in [0.1, 0.15) is 24.8 Å². The summed E-state index contributed by atoms with van der Waals surface area (Å²) in [4.78, 5) is 9.94. The maximum Gasteiger partial charge on any atom is 0.417 e. The summed E-state index contributed by atoms with van der Waals surface area (Å²) in [5.74, 6) is 1.50. The number of hydrogen-bond acceptors (Lipinski definition) is 6. The van der Waals surface area contributed by atoms with Crippen molar-refractivity contribution in [3.63, 3.8) is 0 Å². The van der Waals surface area contributed by atoms with Crippen LogP contribution in [0, 0.1) is 17.0 Å². The van der Waals surface area contributed by atoms with Gasteiger partial charge in [-0.05, 0) is 47.0 Å². The van der Waals surface area contributed by atoms with Crippen LogP contribution in [0.4, 0.5) is 23.4 Å². The maximum atomic E-state index is 14.9. The van der Waals surface area contributed by atoms with Crippen LogP contribution in [-0.4, -0.2) is 50.6 Å². The second kappa shape index (κ2) is 9.79. The number of hydrogen-bond donors (Lipinski definition) is 0. The van der Waals surface area contributed by atoms with Gasteiger partial charge in [-0.2, -0.15) is 23.1 Å². The van der Waals surface area contributed by atoms with E-state index in [2.05, 4.69) is 31.9 Å². The minimum Gasteiger partial charge on any atom is -0.467 e. The van der Waals surface area contributed by atoms with Gasteiger partial charge in [0.05, 0.1) is 17.1 Å². The molecule has 1 saturated carbocycles. The Hall–Kier alpha value is -2.13. The Labute approximate surface area is 192 Å². The first-order valence-corrected chi connectivity index (χ1v) is 10.8.